The molecule has 0 aliphatic heterocycles. The summed E-state index contributed by atoms with van der Waals surface area (Å²) in [6.45, 7) is 3.02. The molecule has 1 N–H and O–H groups in total. The van der Waals surface area contributed by atoms with Crippen LogP contribution in [0.5, 0.6) is 5.75 Å². The second-order valence-electron chi connectivity index (χ2n) is 5.67. The Morgan fingerprint density at radius 3 is 2.36 bits per heavy atom. The quantitative estimate of drug-likeness (QED) is 0.533. The smallest absolute Gasteiger partial charge is 0.213 e. The van der Waals surface area contributed by atoms with Crippen LogP contribution < -0.4 is 33.7 Å². The third kappa shape index (κ3) is 6.49. The highest BCUT2D eigenvalue weighted by atomic mass is 35.7. The molecule has 3 rings (SSSR count). The Morgan fingerprint density at radius 2 is 1.75 bits per heavy atom. The molecule has 0 aliphatic rings. The van der Waals surface area contributed by atoms with Crippen LogP contribution in [0.1, 0.15) is 13.3 Å². The molecule has 2 aromatic carbocycles. The number of benzene rings is 2. The first-order valence-electron chi connectivity index (χ1n) is 8.28. The van der Waals surface area contributed by atoms with Gasteiger partial charge in [-0.05, 0) is 30.3 Å². The molecule has 3 aromatic rings. The Hall–Kier alpha value is -2.13. The van der Waals surface area contributed by atoms with E-state index < -0.39 is 10.2 Å². The van der Waals surface area contributed by atoms with E-state index in [1.54, 1.807) is 7.11 Å². The van der Waals surface area contributed by atoms with Crippen LogP contribution >= 0.6 is 11.6 Å². The van der Waals surface area contributed by atoms with Crippen molar-refractivity contribution in [2.45, 2.75) is 13.3 Å². The van der Waals surface area contributed by atoms with Gasteiger partial charge in [0.15, 0.2) is 0 Å². The molecule has 0 aliphatic carbocycles. The minimum Gasteiger partial charge on any atom is -0.497 e. The van der Waals surface area contributed by atoms with E-state index in [0.717, 1.165) is 46.4 Å². The summed E-state index contributed by atoms with van der Waals surface area (Å²) in [5, 5.41) is 2.68. The van der Waals surface area contributed by atoms with Gasteiger partial charge in [0.2, 0.25) is 5.36 Å². The molecule has 9 heteroatoms. The van der Waals surface area contributed by atoms with E-state index in [9.17, 15) is 0 Å². The number of methoxy groups -OCH3 is 1. The zero-order valence-corrected chi connectivity index (χ0v) is 16.8. The van der Waals surface area contributed by atoms with E-state index >= 15 is 0 Å². The zero-order chi connectivity index (χ0) is 20.7. The van der Waals surface area contributed by atoms with Gasteiger partial charge in [-0.3, -0.25) is 0 Å². The minimum absolute atomic E-state index is 0.672. The van der Waals surface area contributed by atoms with Crippen LogP contribution in [0.25, 0.3) is 22.3 Å². The van der Waals surface area contributed by atoms with Crippen LogP contribution in [0.3, 0.4) is 0 Å². The highest BCUT2D eigenvalue weighted by Crippen LogP contribution is 2.29. The minimum atomic E-state index is -4.94. The van der Waals surface area contributed by atoms with Crippen LogP contribution in [0.2, 0.25) is 5.02 Å². The Bertz CT molecular complexity index is 992. The maximum atomic E-state index is 8.49. The van der Waals surface area contributed by atoms with Crippen molar-refractivity contribution in [3.8, 4) is 17.1 Å². The van der Waals surface area contributed by atoms with Crippen molar-refractivity contribution < 1.29 is 43.0 Å². The van der Waals surface area contributed by atoms with Crippen molar-refractivity contribution >= 4 is 22.6 Å². The molecule has 0 unspecified atom stereocenters. The van der Waals surface area contributed by atoms with E-state index in [-0.39, 0.29) is 0 Å². The SMILES string of the molecule is CCC[NH+]=c1cc(-c2ccccc2Cl)oc2ccc(OC)cc12.[O-][Cl+3]([O-])([O-])[O-]. The Morgan fingerprint density at radius 1 is 1.07 bits per heavy atom. The van der Waals surface area contributed by atoms with Crippen LogP contribution in [0.15, 0.2) is 52.9 Å². The third-order valence-electron chi connectivity index (χ3n) is 3.68. The molecular formula is C19H19Cl2NO6. The van der Waals surface area contributed by atoms with Gasteiger partial charge in [0.1, 0.15) is 23.6 Å². The van der Waals surface area contributed by atoms with Crippen LogP contribution in [-0.2, 0) is 0 Å². The second-order valence-corrected chi connectivity index (χ2v) is 6.83. The number of fused-ring (bicyclic) bond motifs is 1. The Balaban J connectivity index is 0.000000500. The number of rotatable bonds is 4. The number of halogens is 2. The lowest BCUT2D eigenvalue weighted by atomic mass is 10.1. The first kappa shape index (κ1) is 22.2. The average Bonchev–Trinajstić information content (AvgIpc) is 2.64. The molecule has 0 saturated heterocycles. The fourth-order valence-corrected chi connectivity index (χ4v) is 2.72. The largest absolute Gasteiger partial charge is 0.497 e. The number of hydrogen-bond acceptors (Lipinski definition) is 6. The van der Waals surface area contributed by atoms with Crippen LogP contribution in [0.4, 0.5) is 0 Å². The molecular weight excluding hydrogens is 409 g/mol. The fourth-order valence-electron chi connectivity index (χ4n) is 2.49. The van der Waals surface area contributed by atoms with Crippen molar-refractivity contribution in [1.82, 2.24) is 0 Å². The predicted octanol–water partition coefficient (Wildman–Crippen LogP) is -1.60. The van der Waals surface area contributed by atoms with Gasteiger partial charge in [0.05, 0.1) is 23.6 Å². The van der Waals surface area contributed by atoms with Gasteiger partial charge >= 0.3 is 0 Å². The highest BCUT2D eigenvalue weighted by molar-refractivity contribution is 6.33. The number of nitrogens with one attached hydrogen (secondary N) is 1. The molecule has 1 aromatic heterocycles. The highest BCUT2D eigenvalue weighted by Gasteiger charge is 2.12. The molecule has 0 radical (unpaired) electrons. The molecule has 0 bridgehead atoms. The van der Waals surface area contributed by atoms with Crippen molar-refractivity contribution in [1.29, 1.82) is 0 Å². The molecule has 150 valence electrons. The van der Waals surface area contributed by atoms with Gasteiger partial charge in [-0.15, -0.1) is 10.2 Å². The standard InChI is InChI=1S/C19H18ClNO2.ClHO4/c1-3-10-21-17-12-19(14-6-4-5-7-16(14)20)23-18-9-8-13(22-2)11-15(17)18;2-1(3,4)5/h4-9,11-12H,3,10H2,1-2H3;(H,2,3,4,5). The lowest BCUT2D eigenvalue weighted by molar-refractivity contribution is -2.00. The lowest BCUT2D eigenvalue weighted by Gasteiger charge is -2.17. The topological polar surface area (TPSA) is 129 Å². The summed E-state index contributed by atoms with van der Waals surface area (Å²) in [6, 6.07) is 15.5. The molecule has 0 atom stereocenters. The summed E-state index contributed by atoms with van der Waals surface area (Å²) < 4.78 is 45.4. The fraction of sp³-hybridized carbons (Fsp3) is 0.211. The third-order valence-corrected chi connectivity index (χ3v) is 4.01. The van der Waals surface area contributed by atoms with Gasteiger partial charge in [0, 0.05) is 12.0 Å². The summed E-state index contributed by atoms with van der Waals surface area (Å²) in [4.78, 5) is 3.46. The van der Waals surface area contributed by atoms with Gasteiger partial charge < -0.3 is 9.15 Å². The van der Waals surface area contributed by atoms with Crippen molar-refractivity contribution in [2.75, 3.05) is 13.7 Å². The average molecular weight is 428 g/mol. The van der Waals surface area contributed by atoms with E-state index in [1.165, 1.54) is 0 Å². The first-order chi connectivity index (χ1) is 13.2. The molecule has 0 saturated carbocycles. The van der Waals surface area contributed by atoms with Crippen molar-refractivity contribution in [3.63, 3.8) is 0 Å². The molecule has 1 heterocycles. The summed E-state index contributed by atoms with van der Waals surface area (Å²) in [5.41, 5.74) is 1.67. The summed E-state index contributed by atoms with van der Waals surface area (Å²) in [7, 11) is -3.28. The van der Waals surface area contributed by atoms with Gasteiger partial charge in [-0.25, -0.2) is 23.6 Å². The Labute approximate surface area is 168 Å². The van der Waals surface area contributed by atoms with E-state index in [4.69, 9.17) is 39.4 Å². The van der Waals surface area contributed by atoms with E-state index in [0.29, 0.717) is 5.02 Å². The summed E-state index contributed by atoms with van der Waals surface area (Å²) in [5.74, 6) is 1.55. The zero-order valence-electron chi connectivity index (χ0n) is 15.2. The molecule has 0 fully saturated rings. The van der Waals surface area contributed by atoms with E-state index in [2.05, 4.69) is 11.9 Å². The predicted molar refractivity (Wildman–Crippen MR) is 92.5 cm³/mol. The van der Waals surface area contributed by atoms with E-state index in [1.807, 2.05) is 48.5 Å². The summed E-state index contributed by atoms with van der Waals surface area (Å²) in [6.07, 6.45) is 1.04. The number of hydrogen-bond donors (Lipinski definition) is 1. The monoisotopic (exact) mass is 427 g/mol. The molecule has 0 spiro atoms. The van der Waals surface area contributed by atoms with Crippen LogP contribution in [-0.4, -0.2) is 13.7 Å². The lowest BCUT2D eigenvalue weighted by Crippen LogP contribution is -2.76. The molecule has 0 amide bonds. The Kier molecular flexibility index (Phi) is 7.82. The first-order valence-corrected chi connectivity index (χ1v) is 9.89. The second kappa shape index (κ2) is 9.88. The van der Waals surface area contributed by atoms with Gasteiger partial charge in [-0.2, -0.15) is 0 Å². The van der Waals surface area contributed by atoms with Gasteiger partial charge in [0.25, 0.3) is 0 Å². The molecule has 28 heavy (non-hydrogen) atoms. The van der Waals surface area contributed by atoms with Crippen molar-refractivity contribution in [2.24, 2.45) is 0 Å². The maximum Gasteiger partial charge on any atom is 0.213 e. The van der Waals surface area contributed by atoms with Crippen molar-refractivity contribution in [3.05, 3.63) is 58.9 Å². The molecule has 7 nitrogen and oxygen atoms in total. The van der Waals surface area contributed by atoms with Gasteiger partial charge in [-0.1, -0.05) is 30.7 Å². The normalized spacial score (nSPS) is 11.9. The summed E-state index contributed by atoms with van der Waals surface area (Å²) >= 11 is 6.31. The number of ether oxygens (including phenoxy) is 1. The maximum absolute atomic E-state index is 8.49. The van der Waals surface area contributed by atoms with Crippen LogP contribution in [0, 0.1) is 10.2 Å².